The van der Waals surface area contributed by atoms with Crippen molar-refractivity contribution >= 4 is 11.6 Å². The van der Waals surface area contributed by atoms with Crippen LogP contribution in [0.2, 0.25) is 0 Å². The SMILES string of the molecule is NNC(CCCCl)c1ccnn1-c1ccccc1. The van der Waals surface area contributed by atoms with Crippen LogP contribution in [0.25, 0.3) is 5.69 Å². The first-order valence-electron chi connectivity index (χ1n) is 5.98. The zero-order valence-corrected chi connectivity index (χ0v) is 10.8. The van der Waals surface area contributed by atoms with E-state index in [0.29, 0.717) is 5.88 Å². The molecule has 5 heteroatoms. The summed E-state index contributed by atoms with van der Waals surface area (Å²) < 4.78 is 1.90. The third kappa shape index (κ3) is 2.90. The molecule has 0 aliphatic rings. The summed E-state index contributed by atoms with van der Waals surface area (Å²) in [6.45, 7) is 0. The van der Waals surface area contributed by atoms with Crippen molar-refractivity contribution in [3.05, 3.63) is 48.3 Å². The van der Waals surface area contributed by atoms with Gasteiger partial charge >= 0.3 is 0 Å². The lowest BCUT2D eigenvalue weighted by molar-refractivity contribution is 0.487. The highest BCUT2D eigenvalue weighted by Gasteiger charge is 2.15. The summed E-state index contributed by atoms with van der Waals surface area (Å²) in [6.07, 6.45) is 3.59. The van der Waals surface area contributed by atoms with Crippen molar-refractivity contribution in [3.8, 4) is 5.69 Å². The van der Waals surface area contributed by atoms with E-state index in [0.717, 1.165) is 24.2 Å². The Morgan fingerprint density at radius 3 is 2.72 bits per heavy atom. The first-order valence-corrected chi connectivity index (χ1v) is 6.51. The third-order valence-electron chi connectivity index (χ3n) is 2.86. The van der Waals surface area contributed by atoms with Crippen molar-refractivity contribution in [3.63, 3.8) is 0 Å². The summed E-state index contributed by atoms with van der Waals surface area (Å²) in [5, 5.41) is 4.35. The van der Waals surface area contributed by atoms with Crippen LogP contribution in [0.4, 0.5) is 0 Å². The van der Waals surface area contributed by atoms with Crippen LogP contribution in [0.5, 0.6) is 0 Å². The van der Waals surface area contributed by atoms with Crippen molar-refractivity contribution < 1.29 is 0 Å². The molecule has 18 heavy (non-hydrogen) atoms. The molecule has 2 rings (SSSR count). The van der Waals surface area contributed by atoms with Gasteiger partial charge in [-0.1, -0.05) is 18.2 Å². The smallest absolute Gasteiger partial charge is 0.0649 e. The molecular weight excluding hydrogens is 248 g/mol. The minimum atomic E-state index is 0.0615. The van der Waals surface area contributed by atoms with Gasteiger partial charge in [-0.05, 0) is 31.0 Å². The molecule has 0 bridgehead atoms. The lowest BCUT2D eigenvalue weighted by Gasteiger charge is -2.17. The minimum absolute atomic E-state index is 0.0615. The van der Waals surface area contributed by atoms with Crippen LogP contribution in [-0.2, 0) is 0 Å². The molecule has 1 atom stereocenters. The van der Waals surface area contributed by atoms with Gasteiger partial charge in [0.05, 0.1) is 17.4 Å². The van der Waals surface area contributed by atoms with Crippen LogP contribution in [0.3, 0.4) is 0 Å². The van der Waals surface area contributed by atoms with Crippen molar-refractivity contribution in [2.45, 2.75) is 18.9 Å². The fourth-order valence-electron chi connectivity index (χ4n) is 1.96. The second-order valence-electron chi connectivity index (χ2n) is 4.05. The molecule has 4 nitrogen and oxygen atoms in total. The number of hydrogen-bond acceptors (Lipinski definition) is 3. The molecule has 0 aliphatic heterocycles. The summed E-state index contributed by atoms with van der Waals surface area (Å²) in [6, 6.07) is 12.0. The number of nitrogens with zero attached hydrogens (tertiary/aromatic N) is 2. The van der Waals surface area contributed by atoms with Gasteiger partial charge in [-0.3, -0.25) is 11.3 Å². The molecule has 1 aromatic carbocycles. The number of hydrogen-bond donors (Lipinski definition) is 2. The number of nitrogens with one attached hydrogen (secondary N) is 1. The minimum Gasteiger partial charge on any atom is -0.271 e. The molecule has 1 unspecified atom stereocenters. The van der Waals surface area contributed by atoms with Gasteiger partial charge in [0.15, 0.2) is 0 Å². The van der Waals surface area contributed by atoms with Gasteiger partial charge in [0.25, 0.3) is 0 Å². The molecule has 1 aromatic heterocycles. The second kappa shape index (κ2) is 6.54. The Hall–Kier alpha value is -1.36. The van der Waals surface area contributed by atoms with E-state index in [9.17, 15) is 0 Å². The molecule has 0 amide bonds. The molecule has 0 saturated carbocycles. The summed E-state index contributed by atoms with van der Waals surface area (Å²) in [5.74, 6) is 6.25. The van der Waals surface area contributed by atoms with Gasteiger partial charge in [-0.15, -0.1) is 11.6 Å². The first-order chi connectivity index (χ1) is 8.86. The lowest BCUT2D eigenvalue weighted by Crippen LogP contribution is -2.29. The van der Waals surface area contributed by atoms with Crippen molar-refractivity contribution in [1.82, 2.24) is 15.2 Å². The van der Waals surface area contributed by atoms with Gasteiger partial charge in [0.1, 0.15) is 0 Å². The highest BCUT2D eigenvalue weighted by Crippen LogP contribution is 2.20. The van der Waals surface area contributed by atoms with Crippen molar-refractivity contribution in [1.29, 1.82) is 0 Å². The quantitative estimate of drug-likeness (QED) is 0.479. The molecule has 0 aliphatic carbocycles. The van der Waals surface area contributed by atoms with Gasteiger partial charge in [0.2, 0.25) is 0 Å². The molecule has 1 heterocycles. The number of alkyl halides is 1. The average molecular weight is 265 g/mol. The fraction of sp³-hybridized carbons (Fsp3) is 0.308. The molecule has 3 N–H and O–H groups in total. The summed E-state index contributed by atoms with van der Waals surface area (Å²) in [7, 11) is 0. The van der Waals surface area contributed by atoms with Crippen LogP contribution in [0.1, 0.15) is 24.6 Å². The standard InChI is InChI=1S/C13H17ClN4/c14-9-4-7-12(17-15)13-8-10-16-18(13)11-5-2-1-3-6-11/h1-3,5-6,8,10,12,17H,4,7,9,15H2. The number of halogens is 1. The van der Waals surface area contributed by atoms with Gasteiger partial charge in [-0.2, -0.15) is 5.10 Å². The van der Waals surface area contributed by atoms with Crippen LogP contribution in [0.15, 0.2) is 42.6 Å². The number of hydrazine groups is 1. The lowest BCUT2D eigenvalue weighted by atomic mass is 10.1. The molecule has 0 saturated heterocycles. The van der Waals surface area contributed by atoms with Crippen LogP contribution in [-0.4, -0.2) is 15.7 Å². The van der Waals surface area contributed by atoms with Gasteiger partial charge in [-0.25, -0.2) is 4.68 Å². The second-order valence-corrected chi connectivity index (χ2v) is 4.43. The Morgan fingerprint density at radius 1 is 1.28 bits per heavy atom. The number of benzene rings is 1. The summed E-state index contributed by atoms with van der Waals surface area (Å²) in [5.41, 5.74) is 4.91. The van der Waals surface area contributed by atoms with E-state index in [1.165, 1.54) is 0 Å². The maximum Gasteiger partial charge on any atom is 0.0649 e. The number of para-hydroxylation sites is 1. The maximum atomic E-state index is 5.73. The van der Waals surface area contributed by atoms with Crippen LogP contribution < -0.4 is 11.3 Å². The zero-order valence-electron chi connectivity index (χ0n) is 10.1. The predicted molar refractivity (Wildman–Crippen MR) is 73.6 cm³/mol. The number of nitrogens with two attached hydrogens (primary N) is 1. The fourth-order valence-corrected chi connectivity index (χ4v) is 2.11. The van der Waals surface area contributed by atoms with Crippen LogP contribution in [0, 0.1) is 0 Å². The largest absolute Gasteiger partial charge is 0.271 e. The summed E-state index contributed by atoms with van der Waals surface area (Å²) >= 11 is 5.73. The van der Waals surface area contributed by atoms with E-state index in [-0.39, 0.29) is 6.04 Å². The van der Waals surface area contributed by atoms with Gasteiger partial charge < -0.3 is 0 Å². The maximum absolute atomic E-state index is 5.73. The molecule has 2 aromatic rings. The zero-order chi connectivity index (χ0) is 12.8. The molecule has 96 valence electrons. The van der Waals surface area contributed by atoms with E-state index < -0.39 is 0 Å². The van der Waals surface area contributed by atoms with E-state index in [1.54, 1.807) is 6.20 Å². The van der Waals surface area contributed by atoms with E-state index in [4.69, 9.17) is 17.4 Å². The number of aromatic nitrogens is 2. The van der Waals surface area contributed by atoms with E-state index in [1.807, 2.05) is 41.1 Å². The molecular formula is C13H17ClN4. The monoisotopic (exact) mass is 264 g/mol. The predicted octanol–water partition coefficient (Wildman–Crippen LogP) is 2.40. The van der Waals surface area contributed by atoms with Crippen LogP contribution >= 0.6 is 11.6 Å². The van der Waals surface area contributed by atoms with E-state index in [2.05, 4.69) is 10.5 Å². The average Bonchev–Trinajstić information content (AvgIpc) is 2.90. The topological polar surface area (TPSA) is 55.9 Å². The Labute approximate surface area is 112 Å². The highest BCUT2D eigenvalue weighted by molar-refractivity contribution is 6.17. The molecule has 0 spiro atoms. The highest BCUT2D eigenvalue weighted by atomic mass is 35.5. The third-order valence-corrected chi connectivity index (χ3v) is 3.12. The first kappa shape index (κ1) is 13.1. The normalized spacial score (nSPS) is 12.6. The van der Waals surface area contributed by atoms with E-state index >= 15 is 0 Å². The Morgan fingerprint density at radius 2 is 2.06 bits per heavy atom. The van der Waals surface area contributed by atoms with Crippen molar-refractivity contribution in [2.75, 3.05) is 5.88 Å². The molecule has 0 fully saturated rings. The van der Waals surface area contributed by atoms with Crippen molar-refractivity contribution in [2.24, 2.45) is 5.84 Å². The molecule has 0 radical (unpaired) electrons. The van der Waals surface area contributed by atoms with Gasteiger partial charge in [0, 0.05) is 12.1 Å². The number of rotatable bonds is 6. The Bertz CT molecular complexity index is 469. The Balaban J connectivity index is 2.26. The summed E-state index contributed by atoms with van der Waals surface area (Å²) in [4.78, 5) is 0. The Kier molecular flexibility index (Phi) is 4.75.